The number of carbonyl (C=O) groups is 2. The Morgan fingerprint density at radius 2 is 1.26 bits per heavy atom. The van der Waals surface area contributed by atoms with E-state index in [-0.39, 0.29) is 4.91 Å². The molecular formula is C26H40O4S. The van der Waals surface area contributed by atoms with Gasteiger partial charge in [-0.2, -0.15) is 0 Å². The minimum absolute atomic E-state index is 0.269. The van der Waals surface area contributed by atoms with Gasteiger partial charge in [-0.1, -0.05) is 108 Å². The summed E-state index contributed by atoms with van der Waals surface area (Å²) in [6.45, 7) is 5.15. The van der Waals surface area contributed by atoms with Crippen LogP contribution >= 0.6 is 11.8 Å². The highest BCUT2D eigenvalue weighted by atomic mass is 32.2. The molecule has 0 amide bonds. The Balaban J connectivity index is 2.48. The first-order chi connectivity index (χ1) is 15.2. The fourth-order valence-corrected chi connectivity index (χ4v) is 3.91. The van der Waals surface area contributed by atoms with E-state index >= 15 is 0 Å². The van der Waals surface area contributed by atoms with Crippen molar-refractivity contribution in [1.82, 2.24) is 0 Å². The lowest BCUT2D eigenvalue weighted by Gasteiger charge is -2.09. The Morgan fingerprint density at radius 1 is 0.742 bits per heavy atom. The maximum Gasteiger partial charge on any atom is 0.345 e. The largest absolute Gasteiger partial charge is 0.462 e. The van der Waals surface area contributed by atoms with Crippen LogP contribution in [-0.2, 0) is 19.1 Å². The van der Waals surface area contributed by atoms with Crippen molar-refractivity contribution in [2.45, 2.75) is 95.8 Å². The summed E-state index contributed by atoms with van der Waals surface area (Å²) < 4.78 is 10.7. The fourth-order valence-electron chi connectivity index (χ4n) is 3.07. The molecule has 0 fully saturated rings. The van der Waals surface area contributed by atoms with Gasteiger partial charge in [0.2, 0.25) is 0 Å². The lowest BCUT2D eigenvalue weighted by Crippen LogP contribution is -2.10. The molecule has 1 rings (SSSR count). The van der Waals surface area contributed by atoms with Crippen LogP contribution in [0.4, 0.5) is 0 Å². The van der Waals surface area contributed by atoms with Gasteiger partial charge in [-0.25, -0.2) is 9.59 Å². The van der Waals surface area contributed by atoms with Crippen molar-refractivity contribution >= 4 is 23.7 Å². The molecule has 1 aromatic carbocycles. The lowest BCUT2D eigenvalue weighted by atomic mass is 10.1. The molecule has 0 radical (unpaired) electrons. The number of ether oxygens (including phenoxy) is 2. The Labute approximate surface area is 193 Å². The highest BCUT2D eigenvalue weighted by Crippen LogP contribution is 2.27. The van der Waals surface area contributed by atoms with Crippen LogP contribution in [0.3, 0.4) is 0 Å². The van der Waals surface area contributed by atoms with Crippen LogP contribution in [0.1, 0.15) is 90.9 Å². The van der Waals surface area contributed by atoms with Crippen LogP contribution in [0.2, 0.25) is 0 Å². The normalized spacial score (nSPS) is 11.4. The lowest BCUT2D eigenvalue weighted by molar-refractivity contribution is -0.140. The van der Waals surface area contributed by atoms with Crippen molar-refractivity contribution < 1.29 is 19.1 Å². The third kappa shape index (κ3) is 14.8. The van der Waals surface area contributed by atoms with Crippen molar-refractivity contribution in [3.63, 3.8) is 0 Å². The summed E-state index contributed by atoms with van der Waals surface area (Å²) in [5.41, 5.74) is 0. The van der Waals surface area contributed by atoms with Gasteiger partial charge in [0, 0.05) is 11.0 Å². The number of hydrogen-bond donors (Lipinski definition) is 0. The molecule has 0 saturated heterocycles. The van der Waals surface area contributed by atoms with Gasteiger partial charge in [-0.15, -0.1) is 0 Å². The third-order valence-electron chi connectivity index (χ3n) is 4.89. The van der Waals surface area contributed by atoms with Gasteiger partial charge in [-0.05, 0) is 25.0 Å². The van der Waals surface area contributed by atoms with Gasteiger partial charge in [0.15, 0.2) is 0 Å². The topological polar surface area (TPSA) is 52.6 Å². The first-order valence-corrected chi connectivity index (χ1v) is 12.8. The summed E-state index contributed by atoms with van der Waals surface area (Å²) in [7, 11) is 0. The molecule has 5 heteroatoms. The predicted octanol–water partition coefficient (Wildman–Crippen LogP) is 7.47. The van der Waals surface area contributed by atoms with Crippen LogP contribution in [0.15, 0.2) is 46.2 Å². The molecule has 0 aliphatic rings. The maximum absolute atomic E-state index is 12.6. The molecule has 0 aromatic heterocycles. The molecule has 0 aliphatic carbocycles. The van der Waals surface area contributed by atoms with Gasteiger partial charge in [-0.3, -0.25) is 0 Å². The second-order valence-corrected chi connectivity index (χ2v) is 8.88. The SMILES string of the molecule is CCCCCCCCOC(=O)/C=C(/Sc1ccccc1)C(=O)OCCCCCCCC. The van der Waals surface area contributed by atoms with Crippen molar-refractivity contribution in [1.29, 1.82) is 0 Å². The first-order valence-electron chi connectivity index (χ1n) is 12.0. The number of hydrogen-bond acceptors (Lipinski definition) is 5. The average Bonchev–Trinajstić information content (AvgIpc) is 2.78. The molecule has 0 heterocycles. The summed E-state index contributed by atoms with van der Waals surface area (Å²) in [5.74, 6) is -0.942. The van der Waals surface area contributed by atoms with Crippen LogP contribution in [0.25, 0.3) is 0 Å². The van der Waals surface area contributed by atoms with E-state index < -0.39 is 11.9 Å². The van der Waals surface area contributed by atoms with Gasteiger partial charge in [0.05, 0.1) is 13.2 Å². The second-order valence-electron chi connectivity index (χ2n) is 7.76. The van der Waals surface area contributed by atoms with E-state index in [4.69, 9.17) is 9.47 Å². The number of rotatable bonds is 18. The first kappa shape index (κ1) is 27.3. The Kier molecular flexibility index (Phi) is 16.7. The number of esters is 2. The molecule has 31 heavy (non-hydrogen) atoms. The molecule has 174 valence electrons. The Morgan fingerprint density at radius 3 is 1.84 bits per heavy atom. The predicted molar refractivity (Wildman–Crippen MR) is 129 cm³/mol. The van der Waals surface area contributed by atoms with Crippen molar-refractivity contribution in [2.24, 2.45) is 0 Å². The quantitative estimate of drug-likeness (QED) is 0.101. The molecule has 1 aromatic rings. The Bertz CT molecular complexity index is 628. The second kappa shape index (κ2) is 19.0. The van der Waals surface area contributed by atoms with Crippen molar-refractivity contribution in [3.8, 4) is 0 Å². The van der Waals surface area contributed by atoms with E-state index in [2.05, 4.69) is 13.8 Å². The van der Waals surface area contributed by atoms with E-state index in [9.17, 15) is 9.59 Å². The van der Waals surface area contributed by atoms with E-state index in [0.29, 0.717) is 13.2 Å². The molecule has 0 bridgehead atoms. The zero-order valence-corrected chi connectivity index (χ0v) is 20.2. The van der Waals surface area contributed by atoms with Crippen LogP contribution < -0.4 is 0 Å². The molecule has 0 unspecified atom stereocenters. The van der Waals surface area contributed by atoms with Crippen LogP contribution in [0, 0.1) is 0 Å². The minimum atomic E-state index is -0.483. The summed E-state index contributed by atoms with van der Waals surface area (Å²) in [5, 5.41) is 0. The van der Waals surface area contributed by atoms with Crippen LogP contribution in [0.5, 0.6) is 0 Å². The minimum Gasteiger partial charge on any atom is -0.462 e. The zero-order chi connectivity index (χ0) is 22.6. The molecular weight excluding hydrogens is 408 g/mol. The third-order valence-corrected chi connectivity index (χ3v) is 5.91. The highest BCUT2D eigenvalue weighted by molar-refractivity contribution is 8.04. The Hall–Kier alpha value is -1.75. The average molecular weight is 449 g/mol. The number of unbranched alkanes of at least 4 members (excludes halogenated alkanes) is 10. The number of carbonyl (C=O) groups excluding carboxylic acids is 2. The summed E-state index contributed by atoms with van der Waals surface area (Å²) in [6.07, 6.45) is 14.8. The number of benzene rings is 1. The summed E-state index contributed by atoms with van der Waals surface area (Å²) >= 11 is 1.24. The molecule has 4 nitrogen and oxygen atoms in total. The van der Waals surface area contributed by atoms with Crippen molar-refractivity contribution in [3.05, 3.63) is 41.3 Å². The van der Waals surface area contributed by atoms with E-state index in [0.717, 1.165) is 37.0 Å². The van der Waals surface area contributed by atoms with E-state index in [1.807, 2.05) is 30.3 Å². The van der Waals surface area contributed by atoms with Gasteiger partial charge < -0.3 is 9.47 Å². The fraction of sp³-hybridized carbons (Fsp3) is 0.615. The highest BCUT2D eigenvalue weighted by Gasteiger charge is 2.16. The van der Waals surface area contributed by atoms with Crippen LogP contribution in [-0.4, -0.2) is 25.2 Å². The maximum atomic E-state index is 12.6. The van der Waals surface area contributed by atoms with Gasteiger partial charge in [0.25, 0.3) is 0 Å². The number of thioether (sulfide) groups is 1. The smallest absolute Gasteiger partial charge is 0.345 e. The standard InChI is InChI=1S/C26H40O4S/c1-3-5-7-9-11-16-20-29-25(27)22-24(31-23-18-14-13-15-19-23)26(28)30-21-17-12-10-8-6-4-2/h13-15,18-19,22H,3-12,16-17,20-21H2,1-2H3/b24-22+. The van der Waals surface area contributed by atoms with E-state index in [1.165, 1.54) is 62.8 Å². The summed E-state index contributed by atoms with van der Waals surface area (Å²) in [4.78, 5) is 26.0. The van der Waals surface area contributed by atoms with E-state index in [1.54, 1.807) is 0 Å². The molecule has 0 spiro atoms. The molecule has 0 atom stereocenters. The monoisotopic (exact) mass is 448 g/mol. The molecule has 0 N–H and O–H groups in total. The van der Waals surface area contributed by atoms with Gasteiger partial charge >= 0.3 is 11.9 Å². The molecule has 0 aliphatic heterocycles. The summed E-state index contributed by atoms with van der Waals surface area (Å²) in [6, 6.07) is 9.53. The zero-order valence-electron chi connectivity index (χ0n) is 19.4. The van der Waals surface area contributed by atoms with Gasteiger partial charge in [0.1, 0.15) is 4.91 Å². The van der Waals surface area contributed by atoms with Crippen molar-refractivity contribution in [2.75, 3.05) is 13.2 Å². The molecule has 0 saturated carbocycles.